The van der Waals surface area contributed by atoms with E-state index in [1.165, 1.54) is 11.8 Å². The van der Waals surface area contributed by atoms with E-state index in [1.54, 1.807) is 0 Å². The van der Waals surface area contributed by atoms with Crippen LogP contribution in [-0.2, 0) is 0 Å². The minimum Gasteiger partial charge on any atom is -0.203 e. The van der Waals surface area contributed by atoms with E-state index in [4.69, 9.17) is 0 Å². The predicted molar refractivity (Wildman–Crippen MR) is 57.4 cm³/mol. The SMILES string of the molecule is CSC#Cc1cc[n+](C(C)C)cc1. The van der Waals surface area contributed by atoms with E-state index >= 15 is 0 Å². The van der Waals surface area contributed by atoms with Crippen molar-refractivity contribution >= 4 is 11.8 Å². The molecule has 0 saturated heterocycles. The molecule has 0 atom stereocenters. The lowest BCUT2D eigenvalue weighted by atomic mass is 10.2. The van der Waals surface area contributed by atoms with Crippen LogP contribution < -0.4 is 4.57 Å². The van der Waals surface area contributed by atoms with Crippen molar-refractivity contribution in [3.63, 3.8) is 0 Å². The van der Waals surface area contributed by atoms with Gasteiger partial charge in [-0.25, -0.2) is 4.57 Å². The summed E-state index contributed by atoms with van der Waals surface area (Å²) < 4.78 is 2.16. The Bertz CT molecular complexity index is 316. The molecule has 0 fully saturated rings. The number of hydrogen-bond donors (Lipinski definition) is 0. The number of pyridine rings is 1. The number of rotatable bonds is 1. The Morgan fingerprint density at radius 3 is 2.38 bits per heavy atom. The molecule has 0 bridgehead atoms. The summed E-state index contributed by atoms with van der Waals surface area (Å²) in [5, 5.41) is 2.97. The molecule has 0 aliphatic carbocycles. The lowest BCUT2D eigenvalue weighted by Crippen LogP contribution is -2.34. The fraction of sp³-hybridized carbons (Fsp3) is 0.364. The normalized spacial score (nSPS) is 9.54. The van der Waals surface area contributed by atoms with Crippen LogP contribution in [0.4, 0.5) is 0 Å². The van der Waals surface area contributed by atoms with E-state index in [0.29, 0.717) is 6.04 Å². The van der Waals surface area contributed by atoms with Gasteiger partial charge in [-0.15, -0.1) is 0 Å². The second-order valence-electron chi connectivity index (χ2n) is 3.06. The van der Waals surface area contributed by atoms with E-state index in [-0.39, 0.29) is 0 Å². The molecule has 0 unspecified atom stereocenters. The van der Waals surface area contributed by atoms with Gasteiger partial charge in [-0.05, 0) is 25.4 Å². The molecule has 1 aromatic rings. The highest BCUT2D eigenvalue weighted by atomic mass is 32.2. The first-order valence-corrected chi connectivity index (χ1v) is 5.51. The van der Waals surface area contributed by atoms with Crippen molar-refractivity contribution in [2.24, 2.45) is 0 Å². The molecule has 0 saturated carbocycles. The Morgan fingerprint density at radius 2 is 1.92 bits per heavy atom. The zero-order chi connectivity index (χ0) is 9.68. The summed E-state index contributed by atoms with van der Waals surface area (Å²) in [5.74, 6) is 3.06. The standard InChI is InChI=1S/C11H14NS/c1-10(2)12-7-4-11(5-8-12)6-9-13-3/h4-5,7-8,10H,1-3H3/q+1. The first-order chi connectivity index (χ1) is 6.24. The van der Waals surface area contributed by atoms with Gasteiger partial charge in [0.1, 0.15) is 0 Å². The fourth-order valence-electron chi connectivity index (χ4n) is 0.976. The number of hydrogen-bond acceptors (Lipinski definition) is 1. The second-order valence-corrected chi connectivity index (χ2v) is 3.67. The van der Waals surface area contributed by atoms with Gasteiger partial charge < -0.3 is 0 Å². The predicted octanol–water partition coefficient (Wildman–Crippen LogP) is 2.23. The molecule has 1 rings (SSSR count). The summed E-state index contributed by atoms with van der Waals surface area (Å²) in [7, 11) is 0. The van der Waals surface area contributed by atoms with Crippen LogP contribution in [0, 0.1) is 11.2 Å². The Hall–Kier alpha value is -0.940. The second kappa shape index (κ2) is 4.94. The lowest BCUT2D eigenvalue weighted by molar-refractivity contribution is -0.716. The molecule has 13 heavy (non-hydrogen) atoms. The molecule has 2 heteroatoms. The number of nitrogens with zero attached hydrogens (tertiary/aromatic N) is 1. The molecule has 0 aliphatic rings. The van der Waals surface area contributed by atoms with Crippen LogP contribution >= 0.6 is 11.8 Å². The smallest absolute Gasteiger partial charge is 0.170 e. The molecule has 0 spiro atoms. The first-order valence-electron chi connectivity index (χ1n) is 4.29. The van der Waals surface area contributed by atoms with Crippen LogP contribution in [0.3, 0.4) is 0 Å². The van der Waals surface area contributed by atoms with E-state index in [1.807, 2.05) is 18.4 Å². The zero-order valence-electron chi connectivity index (χ0n) is 8.24. The van der Waals surface area contributed by atoms with Gasteiger partial charge in [-0.2, -0.15) is 0 Å². The maximum atomic E-state index is 3.06. The van der Waals surface area contributed by atoms with Crippen LogP contribution in [-0.4, -0.2) is 6.26 Å². The lowest BCUT2D eigenvalue weighted by Gasteiger charge is -1.98. The largest absolute Gasteiger partial charge is 0.203 e. The minimum atomic E-state index is 0.516. The average molecular weight is 192 g/mol. The minimum absolute atomic E-state index is 0.516. The molecular formula is C11H14NS+. The van der Waals surface area contributed by atoms with Crippen LogP contribution in [0.5, 0.6) is 0 Å². The number of thioether (sulfide) groups is 1. The third-order valence-electron chi connectivity index (χ3n) is 1.75. The van der Waals surface area contributed by atoms with Gasteiger partial charge in [0, 0.05) is 17.7 Å². The summed E-state index contributed by atoms with van der Waals surface area (Å²) in [4.78, 5) is 0. The summed E-state index contributed by atoms with van der Waals surface area (Å²) in [6, 6.07) is 4.61. The maximum absolute atomic E-state index is 3.06. The van der Waals surface area contributed by atoms with Crippen molar-refractivity contribution in [3.05, 3.63) is 30.1 Å². The Balaban J connectivity index is 2.81. The molecule has 0 radical (unpaired) electrons. The van der Waals surface area contributed by atoms with Crippen LogP contribution in [0.25, 0.3) is 0 Å². The molecular weight excluding hydrogens is 178 g/mol. The van der Waals surface area contributed by atoms with E-state index < -0.39 is 0 Å². The van der Waals surface area contributed by atoms with E-state index in [0.717, 1.165) is 5.56 Å². The highest BCUT2D eigenvalue weighted by molar-refractivity contribution is 8.03. The van der Waals surface area contributed by atoms with Crippen molar-refractivity contribution in [3.8, 4) is 11.2 Å². The van der Waals surface area contributed by atoms with Crippen molar-refractivity contribution in [1.82, 2.24) is 0 Å². The maximum Gasteiger partial charge on any atom is 0.170 e. The highest BCUT2D eigenvalue weighted by Gasteiger charge is 2.03. The summed E-state index contributed by atoms with van der Waals surface area (Å²) >= 11 is 1.54. The molecule has 0 amide bonds. The van der Waals surface area contributed by atoms with E-state index in [2.05, 4.69) is 42.0 Å². The van der Waals surface area contributed by atoms with Gasteiger partial charge in [0.15, 0.2) is 18.4 Å². The third-order valence-corrected chi connectivity index (χ3v) is 2.05. The molecule has 68 valence electrons. The summed E-state index contributed by atoms with van der Waals surface area (Å²) in [5.41, 5.74) is 1.08. The average Bonchev–Trinajstić information content (AvgIpc) is 2.15. The van der Waals surface area contributed by atoms with Crippen molar-refractivity contribution in [1.29, 1.82) is 0 Å². The Kier molecular flexibility index (Phi) is 3.85. The van der Waals surface area contributed by atoms with E-state index in [9.17, 15) is 0 Å². The van der Waals surface area contributed by atoms with Gasteiger partial charge in [0.25, 0.3) is 0 Å². The van der Waals surface area contributed by atoms with Crippen molar-refractivity contribution < 1.29 is 4.57 Å². The summed E-state index contributed by atoms with van der Waals surface area (Å²) in [6.45, 7) is 4.32. The van der Waals surface area contributed by atoms with Crippen LogP contribution in [0.1, 0.15) is 25.5 Å². The molecule has 0 aromatic carbocycles. The monoisotopic (exact) mass is 192 g/mol. The molecule has 1 heterocycles. The van der Waals surface area contributed by atoms with Gasteiger partial charge in [-0.3, -0.25) is 0 Å². The van der Waals surface area contributed by atoms with Gasteiger partial charge in [-0.1, -0.05) is 17.7 Å². The molecule has 0 N–H and O–H groups in total. The van der Waals surface area contributed by atoms with Crippen LogP contribution in [0.15, 0.2) is 24.5 Å². The molecule has 0 aliphatic heterocycles. The van der Waals surface area contributed by atoms with Crippen molar-refractivity contribution in [2.45, 2.75) is 19.9 Å². The van der Waals surface area contributed by atoms with Crippen molar-refractivity contribution in [2.75, 3.05) is 6.26 Å². The van der Waals surface area contributed by atoms with Gasteiger partial charge >= 0.3 is 0 Å². The quantitative estimate of drug-likeness (QED) is 0.487. The molecule has 1 nitrogen and oxygen atoms in total. The topological polar surface area (TPSA) is 3.88 Å². The molecule has 1 aromatic heterocycles. The van der Waals surface area contributed by atoms with Gasteiger partial charge in [0.2, 0.25) is 0 Å². The Labute approximate surface area is 84.2 Å². The third kappa shape index (κ3) is 3.12. The zero-order valence-corrected chi connectivity index (χ0v) is 9.06. The Morgan fingerprint density at radius 1 is 1.31 bits per heavy atom. The summed E-state index contributed by atoms with van der Waals surface area (Å²) in [6.07, 6.45) is 6.11. The highest BCUT2D eigenvalue weighted by Crippen LogP contribution is 1.97. The van der Waals surface area contributed by atoms with Crippen LogP contribution in [0.2, 0.25) is 0 Å². The number of aromatic nitrogens is 1. The fourth-order valence-corrected chi connectivity index (χ4v) is 1.20. The first kappa shape index (κ1) is 10.1. The van der Waals surface area contributed by atoms with Gasteiger partial charge in [0.05, 0.1) is 0 Å².